The van der Waals surface area contributed by atoms with Crippen LogP contribution in [0, 0.1) is 11.8 Å². The first-order valence-corrected chi connectivity index (χ1v) is 15.2. The SMILES string of the molecule is CN(CC1CCC(N)CC1)CC1CCN(Cc2ccc3c(c2)n(C)c(=O)n3C2CCC(=O)NC2=O)CC1.O=C(O)C(F)(F)F. The van der Waals surface area contributed by atoms with Gasteiger partial charge in [-0.1, -0.05) is 6.07 Å². The number of alkyl halides is 3. The number of halogens is 3. The van der Waals surface area contributed by atoms with E-state index in [1.54, 1.807) is 16.2 Å². The van der Waals surface area contributed by atoms with E-state index in [1.165, 1.54) is 57.2 Å². The minimum atomic E-state index is -5.08. The highest BCUT2D eigenvalue weighted by Gasteiger charge is 2.38. The second-order valence-electron chi connectivity index (χ2n) is 12.5. The van der Waals surface area contributed by atoms with Crippen LogP contribution in [-0.2, 0) is 28.0 Å². The maximum atomic E-state index is 13.0. The number of aromatic nitrogens is 2. The highest BCUT2D eigenvalue weighted by molar-refractivity contribution is 6.00. The number of nitrogens with two attached hydrogens (primary N) is 1. The molecule has 4 N–H and O–H groups in total. The van der Waals surface area contributed by atoms with E-state index in [4.69, 9.17) is 15.6 Å². The molecule has 1 aromatic carbocycles. The van der Waals surface area contributed by atoms with E-state index in [1.807, 2.05) is 6.07 Å². The van der Waals surface area contributed by atoms with Gasteiger partial charge in [-0.25, -0.2) is 9.59 Å². The van der Waals surface area contributed by atoms with E-state index in [-0.39, 0.29) is 18.0 Å². The van der Waals surface area contributed by atoms with Gasteiger partial charge in [0.1, 0.15) is 6.04 Å². The number of carbonyl (C=O) groups is 3. The number of imide groups is 1. The van der Waals surface area contributed by atoms with Crippen molar-refractivity contribution in [2.75, 3.05) is 33.2 Å². The summed E-state index contributed by atoms with van der Waals surface area (Å²) in [5.74, 6) is -1.88. The Kier molecular flexibility index (Phi) is 10.9. The highest BCUT2D eigenvalue weighted by atomic mass is 19.4. The standard InChI is InChI=1S/C28H42N6O3.C2HF3O2/c1-31(16-19-3-6-22(29)7-4-19)17-20-11-13-33(14-12-20)18-21-5-8-23-25(15-21)32(2)28(37)34(23)24-9-10-26(35)30-27(24)36;3-2(4,5)1(6)7/h5,8,15,19-20,22,24H,3-4,6-7,9-14,16-18,29H2,1-2H3,(H,30,35,36);(H,6,7). The lowest BCUT2D eigenvalue weighted by Crippen LogP contribution is -2.44. The quantitative estimate of drug-likeness (QED) is 0.399. The predicted molar refractivity (Wildman–Crippen MR) is 158 cm³/mol. The molecule has 1 saturated carbocycles. The molecule has 3 fully saturated rings. The summed E-state index contributed by atoms with van der Waals surface area (Å²) in [6, 6.07) is 5.87. The number of rotatable bonds is 7. The fraction of sp³-hybridized carbons (Fsp3) is 0.667. The second-order valence-corrected chi connectivity index (χ2v) is 12.5. The number of carboxylic acids is 1. The van der Waals surface area contributed by atoms with E-state index in [0.717, 1.165) is 42.5 Å². The summed E-state index contributed by atoms with van der Waals surface area (Å²) in [5, 5.41) is 9.50. The minimum absolute atomic E-state index is 0.220. The van der Waals surface area contributed by atoms with Gasteiger partial charge < -0.3 is 15.7 Å². The molecule has 1 aromatic heterocycles. The topological polar surface area (TPSA) is 143 Å². The van der Waals surface area contributed by atoms with Crippen LogP contribution in [-0.4, -0.2) is 87.3 Å². The number of piperidine rings is 2. The third-order valence-corrected chi connectivity index (χ3v) is 9.06. The Hall–Kier alpha value is -3.23. The number of aryl methyl sites for hydroxylation is 1. The van der Waals surface area contributed by atoms with Crippen molar-refractivity contribution in [3.05, 3.63) is 34.2 Å². The number of hydrogen-bond acceptors (Lipinski definition) is 7. The Balaban J connectivity index is 0.000000566. The molecular weight excluding hydrogens is 581 g/mol. The zero-order valence-corrected chi connectivity index (χ0v) is 25.3. The first-order valence-electron chi connectivity index (χ1n) is 15.2. The van der Waals surface area contributed by atoms with Crippen molar-refractivity contribution >= 4 is 28.8 Å². The van der Waals surface area contributed by atoms with E-state index < -0.39 is 24.1 Å². The third kappa shape index (κ3) is 8.48. The Morgan fingerprint density at radius 1 is 1.00 bits per heavy atom. The van der Waals surface area contributed by atoms with Crippen molar-refractivity contribution < 1.29 is 32.7 Å². The van der Waals surface area contributed by atoms with Crippen molar-refractivity contribution in [1.82, 2.24) is 24.3 Å². The molecular formula is C30H43F3N6O5. The van der Waals surface area contributed by atoms with Gasteiger partial charge in [0.25, 0.3) is 0 Å². The van der Waals surface area contributed by atoms with Crippen molar-refractivity contribution in [2.45, 2.75) is 76.2 Å². The molecule has 2 aromatic rings. The number of carboxylic acid groups (broad SMARTS) is 1. The van der Waals surface area contributed by atoms with Crippen molar-refractivity contribution in [3.63, 3.8) is 0 Å². The molecule has 0 spiro atoms. The molecule has 2 aliphatic heterocycles. The summed E-state index contributed by atoms with van der Waals surface area (Å²) < 4.78 is 34.9. The van der Waals surface area contributed by atoms with Crippen LogP contribution in [0.4, 0.5) is 13.2 Å². The number of imidazole rings is 1. The monoisotopic (exact) mass is 624 g/mol. The molecule has 3 aliphatic rings. The van der Waals surface area contributed by atoms with Gasteiger partial charge in [-0.2, -0.15) is 13.2 Å². The van der Waals surface area contributed by atoms with Gasteiger partial charge in [0, 0.05) is 39.1 Å². The molecule has 1 aliphatic carbocycles. The summed E-state index contributed by atoms with van der Waals surface area (Å²) in [4.78, 5) is 51.0. The van der Waals surface area contributed by atoms with E-state index in [9.17, 15) is 27.6 Å². The van der Waals surface area contributed by atoms with Crippen molar-refractivity contribution in [3.8, 4) is 0 Å². The average molecular weight is 625 g/mol. The lowest BCUT2D eigenvalue weighted by Gasteiger charge is -2.35. The zero-order chi connectivity index (χ0) is 32.2. The van der Waals surface area contributed by atoms with Gasteiger partial charge in [0.2, 0.25) is 11.8 Å². The third-order valence-electron chi connectivity index (χ3n) is 9.06. The van der Waals surface area contributed by atoms with Crippen LogP contribution in [0.1, 0.15) is 63.0 Å². The predicted octanol–water partition coefficient (Wildman–Crippen LogP) is 2.61. The molecule has 0 radical (unpaired) electrons. The van der Waals surface area contributed by atoms with E-state index in [2.05, 4.69) is 34.3 Å². The molecule has 1 atom stereocenters. The van der Waals surface area contributed by atoms with Crippen LogP contribution >= 0.6 is 0 Å². The van der Waals surface area contributed by atoms with Crippen LogP contribution in [0.3, 0.4) is 0 Å². The maximum absolute atomic E-state index is 13.0. The number of nitrogens with one attached hydrogen (secondary N) is 1. The van der Waals surface area contributed by atoms with Gasteiger partial charge in [-0.3, -0.25) is 28.9 Å². The first kappa shape index (κ1) is 33.7. The smallest absolute Gasteiger partial charge is 0.475 e. The number of likely N-dealkylation sites (tertiary alicyclic amines) is 1. The summed E-state index contributed by atoms with van der Waals surface area (Å²) in [6.07, 6.45) is 2.85. The summed E-state index contributed by atoms with van der Waals surface area (Å²) in [7, 11) is 4.03. The van der Waals surface area contributed by atoms with Gasteiger partial charge in [-0.05, 0) is 94.6 Å². The molecule has 44 heavy (non-hydrogen) atoms. The van der Waals surface area contributed by atoms with Gasteiger partial charge in [0.15, 0.2) is 0 Å². The molecule has 11 nitrogen and oxygen atoms in total. The minimum Gasteiger partial charge on any atom is -0.475 e. The number of hydrogen-bond donors (Lipinski definition) is 3. The van der Waals surface area contributed by atoms with Crippen LogP contribution in [0.15, 0.2) is 23.0 Å². The molecule has 0 bridgehead atoms. The largest absolute Gasteiger partial charge is 0.490 e. The fourth-order valence-corrected chi connectivity index (χ4v) is 6.65. The second kappa shape index (κ2) is 14.2. The molecule has 1 unspecified atom stereocenters. The Bertz CT molecular complexity index is 1390. The van der Waals surface area contributed by atoms with Crippen LogP contribution in [0.2, 0.25) is 0 Å². The van der Waals surface area contributed by atoms with Gasteiger partial charge >= 0.3 is 17.8 Å². The van der Waals surface area contributed by atoms with Crippen LogP contribution in [0.5, 0.6) is 0 Å². The summed E-state index contributed by atoms with van der Waals surface area (Å²) >= 11 is 0. The lowest BCUT2D eigenvalue weighted by atomic mass is 9.86. The van der Waals surface area contributed by atoms with Crippen LogP contribution < -0.4 is 16.7 Å². The molecule has 5 rings (SSSR count). The highest BCUT2D eigenvalue weighted by Crippen LogP contribution is 2.27. The van der Waals surface area contributed by atoms with E-state index in [0.29, 0.717) is 12.5 Å². The average Bonchev–Trinajstić information content (AvgIpc) is 3.20. The number of aliphatic carboxylic acids is 1. The Morgan fingerprint density at radius 2 is 1.59 bits per heavy atom. The molecule has 3 heterocycles. The summed E-state index contributed by atoms with van der Waals surface area (Å²) in [6.45, 7) is 5.41. The van der Waals surface area contributed by atoms with Crippen molar-refractivity contribution in [2.24, 2.45) is 24.6 Å². The number of benzene rings is 1. The van der Waals surface area contributed by atoms with E-state index >= 15 is 0 Å². The lowest BCUT2D eigenvalue weighted by molar-refractivity contribution is -0.192. The number of nitrogens with zero attached hydrogens (tertiary/aromatic N) is 4. The molecule has 244 valence electrons. The number of carbonyl (C=O) groups excluding carboxylic acids is 2. The fourth-order valence-electron chi connectivity index (χ4n) is 6.65. The molecule has 14 heteroatoms. The Labute approximate surface area is 254 Å². The van der Waals surface area contributed by atoms with Gasteiger partial charge in [-0.15, -0.1) is 0 Å². The molecule has 2 amide bonds. The summed E-state index contributed by atoms with van der Waals surface area (Å²) in [5.41, 5.74) is 8.59. The Morgan fingerprint density at radius 3 is 2.16 bits per heavy atom. The number of fused-ring (bicyclic) bond motifs is 1. The molecule has 2 saturated heterocycles. The number of amides is 2. The normalized spacial score (nSPS) is 23.8. The first-order chi connectivity index (χ1) is 20.7. The maximum Gasteiger partial charge on any atom is 0.490 e. The van der Waals surface area contributed by atoms with Crippen LogP contribution in [0.25, 0.3) is 11.0 Å². The van der Waals surface area contributed by atoms with Gasteiger partial charge in [0.05, 0.1) is 11.0 Å². The van der Waals surface area contributed by atoms with Crippen molar-refractivity contribution in [1.29, 1.82) is 0 Å². The zero-order valence-electron chi connectivity index (χ0n) is 25.3.